The van der Waals surface area contributed by atoms with E-state index >= 15 is 0 Å². The van der Waals surface area contributed by atoms with E-state index in [0.29, 0.717) is 17.1 Å². The fourth-order valence-corrected chi connectivity index (χ4v) is 1.61. The lowest BCUT2D eigenvalue weighted by Gasteiger charge is -2.07. The number of anilines is 1. The number of nitrogen functional groups attached to an aromatic ring is 1. The average Bonchev–Trinajstić information content (AvgIpc) is 2.67. The van der Waals surface area contributed by atoms with E-state index in [9.17, 15) is 4.39 Å². The van der Waals surface area contributed by atoms with Gasteiger partial charge in [0.15, 0.2) is 5.82 Å². The van der Waals surface area contributed by atoms with Crippen LogP contribution in [-0.2, 0) is 6.54 Å². The molecule has 84 valence electrons. The van der Waals surface area contributed by atoms with Gasteiger partial charge >= 0.3 is 0 Å². The van der Waals surface area contributed by atoms with Gasteiger partial charge in [0.05, 0.1) is 0 Å². The van der Waals surface area contributed by atoms with Crippen molar-refractivity contribution in [1.29, 1.82) is 0 Å². The largest absolute Gasteiger partial charge is 0.398 e. The van der Waals surface area contributed by atoms with E-state index in [0.717, 1.165) is 13.0 Å². The lowest BCUT2D eigenvalue weighted by Crippen LogP contribution is -2.01. The van der Waals surface area contributed by atoms with Crippen LogP contribution in [-0.4, -0.2) is 14.8 Å². The lowest BCUT2D eigenvalue weighted by atomic mass is 10.1. The van der Waals surface area contributed by atoms with Crippen LogP contribution >= 0.6 is 0 Å². The number of aryl methyl sites for hydroxylation is 1. The van der Waals surface area contributed by atoms with Gasteiger partial charge < -0.3 is 10.3 Å². The Balaban J connectivity index is 2.46. The second kappa shape index (κ2) is 4.30. The summed E-state index contributed by atoms with van der Waals surface area (Å²) in [5, 5.41) is 7.85. The molecule has 0 saturated heterocycles. The summed E-state index contributed by atoms with van der Waals surface area (Å²) in [6, 6.07) is 4.29. The second-order valence-corrected chi connectivity index (χ2v) is 3.58. The zero-order valence-corrected chi connectivity index (χ0v) is 9.02. The highest BCUT2D eigenvalue weighted by atomic mass is 19.1. The molecule has 2 aromatic rings. The Morgan fingerprint density at radius 1 is 1.44 bits per heavy atom. The molecule has 0 spiro atoms. The predicted octanol–water partition coefficient (Wildman–Crippen LogP) is 2.08. The molecule has 0 aliphatic carbocycles. The van der Waals surface area contributed by atoms with Gasteiger partial charge in [0.2, 0.25) is 0 Å². The van der Waals surface area contributed by atoms with E-state index in [1.165, 1.54) is 12.1 Å². The summed E-state index contributed by atoms with van der Waals surface area (Å²) >= 11 is 0. The molecule has 0 aliphatic rings. The third-order valence-corrected chi connectivity index (χ3v) is 2.33. The van der Waals surface area contributed by atoms with E-state index in [-0.39, 0.29) is 5.82 Å². The van der Waals surface area contributed by atoms with E-state index in [4.69, 9.17) is 5.73 Å². The maximum atomic E-state index is 12.9. The molecule has 16 heavy (non-hydrogen) atoms. The number of halogens is 1. The van der Waals surface area contributed by atoms with Gasteiger partial charge in [-0.2, -0.15) is 0 Å². The van der Waals surface area contributed by atoms with E-state index in [1.54, 1.807) is 12.4 Å². The molecule has 0 aliphatic heterocycles. The predicted molar refractivity (Wildman–Crippen MR) is 60.1 cm³/mol. The molecule has 5 heteroatoms. The van der Waals surface area contributed by atoms with Gasteiger partial charge in [0, 0.05) is 17.8 Å². The SMILES string of the molecule is CCCn1cnnc1-c1ccc(F)cc1N. The Kier molecular flexibility index (Phi) is 2.85. The first-order chi connectivity index (χ1) is 7.72. The Morgan fingerprint density at radius 3 is 2.94 bits per heavy atom. The number of hydrogen-bond acceptors (Lipinski definition) is 3. The van der Waals surface area contributed by atoms with Crippen LogP contribution in [0.1, 0.15) is 13.3 Å². The Labute approximate surface area is 92.9 Å². The minimum atomic E-state index is -0.345. The molecule has 0 radical (unpaired) electrons. The summed E-state index contributed by atoms with van der Waals surface area (Å²) < 4.78 is 14.8. The number of benzene rings is 1. The van der Waals surface area contributed by atoms with Gasteiger partial charge in [0.1, 0.15) is 12.1 Å². The highest BCUT2D eigenvalue weighted by Crippen LogP contribution is 2.24. The molecule has 0 atom stereocenters. The minimum absolute atomic E-state index is 0.345. The summed E-state index contributed by atoms with van der Waals surface area (Å²) in [6.07, 6.45) is 2.63. The van der Waals surface area contributed by atoms with E-state index < -0.39 is 0 Å². The van der Waals surface area contributed by atoms with Crippen molar-refractivity contribution < 1.29 is 4.39 Å². The highest BCUT2D eigenvalue weighted by Gasteiger charge is 2.10. The van der Waals surface area contributed by atoms with Crippen LogP contribution in [0, 0.1) is 5.82 Å². The summed E-state index contributed by atoms with van der Waals surface area (Å²) in [4.78, 5) is 0. The summed E-state index contributed by atoms with van der Waals surface area (Å²) in [5.74, 6) is 0.335. The summed E-state index contributed by atoms with van der Waals surface area (Å²) in [7, 11) is 0. The van der Waals surface area contributed by atoms with Gasteiger partial charge in [-0.3, -0.25) is 0 Å². The van der Waals surface area contributed by atoms with Crippen molar-refractivity contribution in [2.24, 2.45) is 0 Å². The van der Waals surface area contributed by atoms with Gasteiger partial charge in [0.25, 0.3) is 0 Å². The molecule has 4 nitrogen and oxygen atoms in total. The zero-order valence-electron chi connectivity index (χ0n) is 9.02. The smallest absolute Gasteiger partial charge is 0.165 e. The van der Waals surface area contributed by atoms with Crippen molar-refractivity contribution in [3.63, 3.8) is 0 Å². The molecule has 2 N–H and O–H groups in total. The van der Waals surface area contributed by atoms with Crippen molar-refractivity contribution in [3.05, 3.63) is 30.3 Å². The first kappa shape index (κ1) is 10.6. The van der Waals surface area contributed by atoms with Crippen LogP contribution < -0.4 is 5.73 Å². The van der Waals surface area contributed by atoms with Crippen molar-refractivity contribution >= 4 is 5.69 Å². The fraction of sp³-hybridized carbons (Fsp3) is 0.273. The quantitative estimate of drug-likeness (QED) is 0.805. The third-order valence-electron chi connectivity index (χ3n) is 2.33. The van der Waals surface area contributed by atoms with Gasteiger partial charge in [-0.05, 0) is 24.6 Å². The van der Waals surface area contributed by atoms with Gasteiger partial charge in [-0.1, -0.05) is 6.92 Å². The number of nitrogens with zero attached hydrogens (tertiary/aromatic N) is 3. The Hall–Kier alpha value is -1.91. The number of nitrogens with two attached hydrogens (primary N) is 1. The zero-order chi connectivity index (χ0) is 11.5. The first-order valence-electron chi connectivity index (χ1n) is 5.15. The van der Waals surface area contributed by atoms with Crippen molar-refractivity contribution in [2.45, 2.75) is 19.9 Å². The number of aromatic nitrogens is 3. The molecule has 2 rings (SSSR count). The summed E-state index contributed by atoms with van der Waals surface area (Å²) in [5.41, 5.74) is 6.85. The molecule has 1 aromatic carbocycles. The molecular weight excluding hydrogens is 207 g/mol. The first-order valence-corrected chi connectivity index (χ1v) is 5.15. The van der Waals surface area contributed by atoms with Gasteiger partial charge in [-0.15, -0.1) is 10.2 Å². The number of rotatable bonds is 3. The third kappa shape index (κ3) is 1.88. The molecule has 0 unspecified atom stereocenters. The topological polar surface area (TPSA) is 56.7 Å². The van der Waals surface area contributed by atoms with Crippen molar-refractivity contribution in [2.75, 3.05) is 5.73 Å². The fourth-order valence-electron chi connectivity index (χ4n) is 1.61. The highest BCUT2D eigenvalue weighted by molar-refractivity contribution is 5.71. The van der Waals surface area contributed by atoms with Crippen LogP contribution in [0.5, 0.6) is 0 Å². The summed E-state index contributed by atoms with van der Waals surface area (Å²) in [6.45, 7) is 2.89. The average molecular weight is 220 g/mol. The van der Waals surface area contributed by atoms with E-state index in [1.807, 2.05) is 4.57 Å². The molecule has 0 fully saturated rings. The monoisotopic (exact) mass is 220 g/mol. The van der Waals surface area contributed by atoms with Crippen molar-refractivity contribution in [3.8, 4) is 11.4 Å². The van der Waals surface area contributed by atoms with Crippen LogP contribution in [0.4, 0.5) is 10.1 Å². The molecular formula is C11H13FN4. The Morgan fingerprint density at radius 2 is 2.25 bits per heavy atom. The standard InChI is InChI=1S/C11H13FN4/c1-2-5-16-7-14-15-11(16)9-4-3-8(12)6-10(9)13/h3-4,6-7H,2,5,13H2,1H3. The van der Waals surface area contributed by atoms with Crippen LogP contribution in [0.2, 0.25) is 0 Å². The molecule has 1 aromatic heterocycles. The number of hydrogen-bond donors (Lipinski definition) is 1. The van der Waals surface area contributed by atoms with Gasteiger partial charge in [-0.25, -0.2) is 4.39 Å². The molecule has 0 amide bonds. The molecule has 0 bridgehead atoms. The molecule has 1 heterocycles. The van der Waals surface area contributed by atoms with Crippen molar-refractivity contribution in [1.82, 2.24) is 14.8 Å². The molecule has 0 saturated carbocycles. The Bertz CT molecular complexity index is 492. The normalized spacial score (nSPS) is 10.6. The maximum Gasteiger partial charge on any atom is 0.165 e. The van der Waals surface area contributed by atoms with Crippen LogP contribution in [0.3, 0.4) is 0 Å². The second-order valence-electron chi connectivity index (χ2n) is 3.58. The maximum absolute atomic E-state index is 12.9. The van der Waals surface area contributed by atoms with Crippen LogP contribution in [0.15, 0.2) is 24.5 Å². The minimum Gasteiger partial charge on any atom is -0.398 e. The van der Waals surface area contributed by atoms with E-state index in [2.05, 4.69) is 17.1 Å². The van der Waals surface area contributed by atoms with Crippen LogP contribution in [0.25, 0.3) is 11.4 Å². The lowest BCUT2D eigenvalue weighted by molar-refractivity contribution is 0.628.